The lowest BCUT2D eigenvalue weighted by Crippen LogP contribution is -2.15. The van der Waals surface area contributed by atoms with E-state index in [0.29, 0.717) is 11.3 Å². The second-order valence-corrected chi connectivity index (χ2v) is 4.75. The number of para-hydroxylation sites is 1. The fourth-order valence-electron chi connectivity index (χ4n) is 2.13. The molecule has 0 unspecified atom stereocenters. The van der Waals surface area contributed by atoms with E-state index in [1.807, 2.05) is 38.1 Å². The monoisotopic (exact) mass is 264 g/mol. The predicted molar refractivity (Wildman–Crippen MR) is 79.9 cm³/mol. The zero-order chi connectivity index (χ0) is 14.5. The van der Waals surface area contributed by atoms with Gasteiger partial charge in [-0.15, -0.1) is 0 Å². The van der Waals surface area contributed by atoms with Crippen molar-refractivity contribution in [2.75, 3.05) is 11.9 Å². The maximum atomic E-state index is 12.2. The molecule has 0 heterocycles. The molecule has 0 saturated heterocycles. The summed E-state index contributed by atoms with van der Waals surface area (Å²) in [6, 6.07) is 15.1. The molecule has 2 rings (SSSR count). The molecule has 0 fully saturated rings. The first-order valence-electron chi connectivity index (χ1n) is 6.45. The molecule has 0 atom stereocenters. The number of anilines is 1. The largest absolute Gasteiger partial charge is 0.377 e. The van der Waals surface area contributed by atoms with Gasteiger partial charge >= 0.3 is 0 Å². The van der Waals surface area contributed by atoms with Crippen molar-refractivity contribution in [1.29, 1.82) is 5.26 Å². The van der Waals surface area contributed by atoms with Gasteiger partial charge in [0.05, 0.1) is 17.8 Å². The van der Waals surface area contributed by atoms with Crippen molar-refractivity contribution in [3.05, 3.63) is 64.7 Å². The van der Waals surface area contributed by atoms with Gasteiger partial charge in [0.2, 0.25) is 0 Å². The number of nitrogens with one attached hydrogen (secondary N) is 1. The van der Waals surface area contributed by atoms with Crippen LogP contribution < -0.4 is 5.32 Å². The molecule has 0 saturated carbocycles. The lowest BCUT2D eigenvalue weighted by molar-refractivity contribution is 0.101. The summed E-state index contributed by atoms with van der Waals surface area (Å²) in [7, 11) is 0. The molecule has 0 aliphatic rings. The Morgan fingerprint density at radius 3 is 2.65 bits per heavy atom. The van der Waals surface area contributed by atoms with Gasteiger partial charge in [-0.3, -0.25) is 4.79 Å². The summed E-state index contributed by atoms with van der Waals surface area (Å²) in [5, 5.41) is 12.0. The Kier molecular flexibility index (Phi) is 4.17. The molecule has 2 aromatic rings. The minimum absolute atomic E-state index is 0.0234. The zero-order valence-electron chi connectivity index (χ0n) is 11.6. The van der Waals surface area contributed by atoms with Crippen LogP contribution >= 0.6 is 0 Å². The summed E-state index contributed by atoms with van der Waals surface area (Å²) in [4.78, 5) is 12.2. The van der Waals surface area contributed by atoms with Gasteiger partial charge in [-0.2, -0.15) is 5.26 Å². The number of aryl methyl sites for hydroxylation is 2. The standard InChI is InChI=1S/C17H16N2O/c1-12-7-8-15(13(2)9-12)17(20)11-19-16-6-4-3-5-14(16)10-18/h3-9,19H,11H2,1-2H3. The van der Waals surface area contributed by atoms with E-state index in [1.54, 1.807) is 18.2 Å². The normalized spacial score (nSPS) is 9.85. The number of nitrogens with zero attached hydrogens (tertiary/aromatic N) is 1. The van der Waals surface area contributed by atoms with E-state index in [-0.39, 0.29) is 12.3 Å². The van der Waals surface area contributed by atoms with Gasteiger partial charge in [0.1, 0.15) is 6.07 Å². The Bertz CT molecular complexity index is 684. The summed E-state index contributed by atoms with van der Waals surface area (Å²) in [6.07, 6.45) is 0. The van der Waals surface area contributed by atoms with Crippen LogP contribution in [0.4, 0.5) is 5.69 Å². The van der Waals surface area contributed by atoms with Crippen molar-refractivity contribution in [3.63, 3.8) is 0 Å². The van der Waals surface area contributed by atoms with Gasteiger partial charge in [-0.1, -0.05) is 35.9 Å². The molecule has 3 nitrogen and oxygen atoms in total. The van der Waals surface area contributed by atoms with Crippen molar-refractivity contribution >= 4 is 11.5 Å². The topological polar surface area (TPSA) is 52.9 Å². The van der Waals surface area contributed by atoms with Gasteiger partial charge in [-0.25, -0.2) is 0 Å². The summed E-state index contributed by atoms with van der Waals surface area (Å²) in [6.45, 7) is 4.12. The molecule has 0 spiro atoms. The van der Waals surface area contributed by atoms with E-state index < -0.39 is 0 Å². The van der Waals surface area contributed by atoms with Crippen molar-refractivity contribution in [2.45, 2.75) is 13.8 Å². The summed E-state index contributed by atoms with van der Waals surface area (Å²) in [5.41, 5.74) is 4.07. The minimum Gasteiger partial charge on any atom is -0.377 e. The van der Waals surface area contributed by atoms with Gasteiger partial charge in [-0.05, 0) is 31.5 Å². The number of carbonyl (C=O) groups excluding carboxylic acids is 1. The Hall–Kier alpha value is -2.60. The number of hydrogen-bond donors (Lipinski definition) is 1. The van der Waals surface area contributed by atoms with Crippen LogP contribution in [0.25, 0.3) is 0 Å². The van der Waals surface area contributed by atoms with Gasteiger partial charge < -0.3 is 5.32 Å². The van der Waals surface area contributed by atoms with Crippen LogP contribution in [0.5, 0.6) is 0 Å². The van der Waals surface area contributed by atoms with Crippen LogP contribution in [0.15, 0.2) is 42.5 Å². The van der Waals surface area contributed by atoms with Crippen LogP contribution in [-0.2, 0) is 0 Å². The maximum Gasteiger partial charge on any atom is 0.182 e. The molecule has 1 N–H and O–H groups in total. The van der Waals surface area contributed by atoms with E-state index in [0.717, 1.165) is 16.7 Å². The highest BCUT2D eigenvalue weighted by Crippen LogP contribution is 2.15. The first kappa shape index (κ1) is 13.8. The fraction of sp³-hybridized carbons (Fsp3) is 0.176. The van der Waals surface area contributed by atoms with Crippen molar-refractivity contribution in [2.24, 2.45) is 0 Å². The van der Waals surface area contributed by atoms with Crippen LogP contribution in [-0.4, -0.2) is 12.3 Å². The molecular weight excluding hydrogens is 248 g/mol. The Balaban J connectivity index is 2.11. The highest BCUT2D eigenvalue weighted by Gasteiger charge is 2.09. The van der Waals surface area contributed by atoms with Crippen LogP contribution in [0.3, 0.4) is 0 Å². The third kappa shape index (κ3) is 3.04. The number of carbonyl (C=O) groups is 1. The first-order valence-corrected chi connectivity index (χ1v) is 6.45. The van der Waals surface area contributed by atoms with Crippen molar-refractivity contribution in [3.8, 4) is 6.07 Å². The molecule has 0 aromatic heterocycles. The SMILES string of the molecule is Cc1ccc(C(=O)CNc2ccccc2C#N)c(C)c1. The van der Waals surface area contributed by atoms with Crippen molar-refractivity contribution in [1.82, 2.24) is 0 Å². The molecule has 2 aromatic carbocycles. The summed E-state index contributed by atoms with van der Waals surface area (Å²) >= 11 is 0. The maximum absolute atomic E-state index is 12.2. The average molecular weight is 264 g/mol. The summed E-state index contributed by atoms with van der Waals surface area (Å²) in [5.74, 6) is 0.0234. The molecule has 0 bridgehead atoms. The van der Waals surface area contributed by atoms with E-state index in [9.17, 15) is 4.79 Å². The van der Waals surface area contributed by atoms with E-state index in [2.05, 4.69) is 11.4 Å². The number of benzene rings is 2. The van der Waals surface area contributed by atoms with Crippen LogP contribution in [0.1, 0.15) is 27.0 Å². The fourth-order valence-corrected chi connectivity index (χ4v) is 2.13. The molecule has 0 radical (unpaired) electrons. The molecule has 3 heteroatoms. The Morgan fingerprint density at radius 1 is 1.20 bits per heavy atom. The van der Waals surface area contributed by atoms with Crippen LogP contribution in [0, 0.1) is 25.2 Å². The quantitative estimate of drug-likeness (QED) is 0.860. The molecule has 100 valence electrons. The lowest BCUT2D eigenvalue weighted by Gasteiger charge is -2.09. The number of ketones is 1. The molecular formula is C17H16N2O. The second-order valence-electron chi connectivity index (χ2n) is 4.75. The number of hydrogen-bond acceptors (Lipinski definition) is 3. The third-order valence-corrected chi connectivity index (χ3v) is 3.17. The molecule has 0 amide bonds. The predicted octanol–water partition coefficient (Wildman–Crippen LogP) is 3.47. The first-order chi connectivity index (χ1) is 9.61. The number of Topliss-reactive ketones (excluding diaryl/α,β-unsaturated/α-hetero) is 1. The molecule has 20 heavy (non-hydrogen) atoms. The Labute approximate surface area is 118 Å². The highest BCUT2D eigenvalue weighted by atomic mass is 16.1. The van der Waals surface area contributed by atoms with E-state index >= 15 is 0 Å². The van der Waals surface area contributed by atoms with E-state index in [1.165, 1.54) is 0 Å². The smallest absolute Gasteiger partial charge is 0.182 e. The van der Waals surface area contributed by atoms with Crippen LogP contribution in [0.2, 0.25) is 0 Å². The molecule has 0 aliphatic heterocycles. The number of rotatable bonds is 4. The van der Waals surface area contributed by atoms with Gasteiger partial charge in [0.15, 0.2) is 5.78 Å². The van der Waals surface area contributed by atoms with E-state index in [4.69, 9.17) is 5.26 Å². The highest BCUT2D eigenvalue weighted by molar-refractivity contribution is 6.00. The molecule has 0 aliphatic carbocycles. The minimum atomic E-state index is 0.0234. The lowest BCUT2D eigenvalue weighted by atomic mass is 10.0. The number of nitriles is 1. The average Bonchev–Trinajstić information content (AvgIpc) is 2.45. The second kappa shape index (κ2) is 6.03. The third-order valence-electron chi connectivity index (χ3n) is 3.17. The summed E-state index contributed by atoms with van der Waals surface area (Å²) < 4.78 is 0. The Morgan fingerprint density at radius 2 is 1.95 bits per heavy atom. The van der Waals surface area contributed by atoms with Crippen molar-refractivity contribution < 1.29 is 4.79 Å². The van der Waals surface area contributed by atoms with Gasteiger partial charge in [0.25, 0.3) is 0 Å². The zero-order valence-corrected chi connectivity index (χ0v) is 11.6. The van der Waals surface area contributed by atoms with Gasteiger partial charge in [0, 0.05) is 5.56 Å².